The first kappa shape index (κ1) is 10.9. The first-order valence-corrected chi connectivity index (χ1v) is 7.07. The molecular formula is C14H10N2O2S. The van der Waals surface area contributed by atoms with E-state index in [9.17, 15) is 9.59 Å². The Kier molecular flexibility index (Phi) is 2.14. The van der Waals surface area contributed by atoms with Crippen molar-refractivity contribution in [2.24, 2.45) is 0 Å². The number of carbonyl (C=O) groups is 2. The standard InChI is InChI=1S/C14H10N2O2S/c17-12-8-19-14-10-5-2-1-4-9(10)13(18)16(14)15-7-3-6-11(12)15/h1-7,14H,8H2. The zero-order chi connectivity index (χ0) is 13.0. The minimum atomic E-state index is -0.110. The number of amides is 1. The number of carbonyl (C=O) groups excluding carboxylic acids is 2. The first-order valence-electron chi connectivity index (χ1n) is 6.02. The molecule has 3 heterocycles. The molecule has 94 valence electrons. The first-order chi connectivity index (χ1) is 9.27. The molecular weight excluding hydrogens is 260 g/mol. The van der Waals surface area contributed by atoms with Gasteiger partial charge in [0.15, 0.2) is 5.78 Å². The molecule has 2 aliphatic heterocycles. The minimum absolute atomic E-state index is 0.0414. The van der Waals surface area contributed by atoms with Crippen molar-refractivity contribution in [3.8, 4) is 0 Å². The Balaban J connectivity index is 1.94. The maximum absolute atomic E-state index is 12.5. The summed E-state index contributed by atoms with van der Waals surface area (Å²) in [4.78, 5) is 24.6. The highest BCUT2D eigenvalue weighted by Crippen LogP contribution is 2.42. The summed E-state index contributed by atoms with van der Waals surface area (Å²) in [5.74, 6) is 0.419. The van der Waals surface area contributed by atoms with Crippen molar-refractivity contribution in [3.05, 3.63) is 59.4 Å². The van der Waals surface area contributed by atoms with Crippen LogP contribution in [0.4, 0.5) is 0 Å². The largest absolute Gasteiger partial charge is 0.292 e. The Bertz CT molecular complexity index is 707. The lowest BCUT2D eigenvalue weighted by atomic mass is 10.1. The second-order valence-corrected chi connectivity index (χ2v) is 5.63. The third-order valence-electron chi connectivity index (χ3n) is 3.51. The smallest absolute Gasteiger partial charge is 0.274 e. The molecule has 1 aromatic carbocycles. The molecule has 1 amide bonds. The number of ketones is 1. The summed E-state index contributed by atoms with van der Waals surface area (Å²) in [6, 6.07) is 11.2. The van der Waals surface area contributed by atoms with Crippen LogP contribution in [0.15, 0.2) is 42.6 Å². The predicted molar refractivity (Wildman–Crippen MR) is 73.0 cm³/mol. The van der Waals surface area contributed by atoms with Crippen molar-refractivity contribution in [2.45, 2.75) is 5.37 Å². The van der Waals surface area contributed by atoms with Gasteiger partial charge in [-0.1, -0.05) is 18.2 Å². The molecule has 0 saturated heterocycles. The van der Waals surface area contributed by atoms with E-state index in [4.69, 9.17) is 0 Å². The molecule has 0 spiro atoms. The van der Waals surface area contributed by atoms with Gasteiger partial charge in [0.2, 0.25) is 0 Å². The van der Waals surface area contributed by atoms with Gasteiger partial charge in [-0.2, -0.15) is 0 Å². The van der Waals surface area contributed by atoms with Crippen molar-refractivity contribution in [1.82, 2.24) is 4.68 Å². The number of Topliss-reactive ketones (excluding diaryl/α,β-unsaturated/α-hetero) is 1. The van der Waals surface area contributed by atoms with Crippen molar-refractivity contribution >= 4 is 23.5 Å². The van der Waals surface area contributed by atoms with E-state index < -0.39 is 0 Å². The van der Waals surface area contributed by atoms with E-state index in [1.165, 1.54) is 11.8 Å². The Morgan fingerprint density at radius 1 is 1.11 bits per heavy atom. The monoisotopic (exact) mass is 270 g/mol. The van der Waals surface area contributed by atoms with Crippen molar-refractivity contribution in [2.75, 3.05) is 10.8 Å². The highest BCUT2D eigenvalue weighted by atomic mass is 32.2. The van der Waals surface area contributed by atoms with E-state index in [-0.39, 0.29) is 17.1 Å². The summed E-state index contributed by atoms with van der Waals surface area (Å²) in [6.45, 7) is 0. The quantitative estimate of drug-likeness (QED) is 0.737. The Morgan fingerprint density at radius 2 is 1.95 bits per heavy atom. The van der Waals surface area contributed by atoms with Gasteiger partial charge >= 0.3 is 0 Å². The molecule has 4 rings (SSSR count). The molecule has 1 aromatic heterocycles. The van der Waals surface area contributed by atoms with E-state index in [2.05, 4.69) is 0 Å². The maximum Gasteiger partial charge on any atom is 0.274 e. The van der Waals surface area contributed by atoms with Gasteiger partial charge in [-0.25, -0.2) is 5.01 Å². The van der Waals surface area contributed by atoms with Crippen LogP contribution in [0.2, 0.25) is 0 Å². The second-order valence-electron chi connectivity index (χ2n) is 4.56. The number of thioether (sulfide) groups is 1. The van der Waals surface area contributed by atoms with Crippen LogP contribution in [0.1, 0.15) is 31.8 Å². The molecule has 2 aliphatic rings. The third-order valence-corrected chi connectivity index (χ3v) is 4.70. The SMILES string of the molecule is O=C1CSC2c3ccccc3C(=O)N2n2cccc21. The van der Waals surface area contributed by atoms with Crippen LogP contribution < -0.4 is 5.01 Å². The van der Waals surface area contributed by atoms with E-state index in [0.29, 0.717) is 11.4 Å². The van der Waals surface area contributed by atoms with E-state index >= 15 is 0 Å². The number of benzene rings is 1. The summed E-state index contributed by atoms with van der Waals surface area (Å²) in [5, 5.41) is 1.57. The van der Waals surface area contributed by atoms with Gasteiger partial charge in [0.25, 0.3) is 5.91 Å². The van der Waals surface area contributed by atoms with Crippen LogP contribution in [-0.4, -0.2) is 22.1 Å². The average Bonchev–Trinajstić information content (AvgIpc) is 2.97. The van der Waals surface area contributed by atoms with Crippen LogP contribution in [0.3, 0.4) is 0 Å². The lowest BCUT2D eigenvalue weighted by Crippen LogP contribution is -2.36. The van der Waals surface area contributed by atoms with Gasteiger partial charge < -0.3 is 0 Å². The topological polar surface area (TPSA) is 42.3 Å². The zero-order valence-electron chi connectivity index (χ0n) is 9.95. The third kappa shape index (κ3) is 1.36. The van der Waals surface area contributed by atoms with Gasteiger partial charge in [-0.05, 0) is 23.8 Å². The number of fused-ring (bicyclic) bond motifs is 5. The van der Waals surface area contributed by atoms with Crippen molar-refractivity contribution in [3.63, 3.8) is 0 Å². The second kappa shape index (κ2) is 3.74. The minimum Gasteiger partial charge on any atom is -0.292 e. The molecule has 0 aliphatic carbocycles. The Hall–Kier alpha value is -2.01. The molecule has 0 fully saturated rings. The molecule has 4 nitrogen and oxygen atoms in total. The highest BCUT2D eigenvalue weighted by molar-refractivity contribution is 8.00. The van der Waals surface area contributed by atoms with E-state index in [1.807, 2.05) is 24.3 Å². The normalized spacial score (nSPS) is 20.8. The highest BCUT2D eigenvalue weighted by Gasteiger charge is 2.41. The van der Waals surface area contributed by atoms with Gasteiger partial charge in [0, 0.05) is 11.8 Å². The average molecular weight is 270 g/mol. The number of hydrogen-bond donors (Lipinski definition) is 0. The maximum atomic E-state index is 12.5. The molecule has 0 saturated carbocycles. The van der Waals surface area contributed by atoms with Crippen LogP contribution in [0.25, 0.3) is 0 Å². The Labute approximate surface area is 114 Å². The van der Waals surface area contributed by atoms with E-state index in [0.717, 1.165) is 11.1 Å². The lowest BCUT2D eigenvalue weighted by Gasteiger charge is -2.24. The van der Waals surface area contributed by atoms with Crippen LogP contribution in [0.5, 0.6) is 0 Å². The summed E-state index contributed by atoms with van der Waals surface area (Å²) >= 11 is 1.51. The summed E-state index contributed by atoms with van der Waals surface area (Å²) in [5.41, 5.74) is 2.30. The van der Waals surface area contributed by atoms with Crippen LogP contribution in [-0.2, 0) is 0 Å². The molecule has 5 heteroatoms. The number of aromatic nitrogens is 1. The number of hydrogen-bond acceptors (Lipinski definition) is 3. The van der Waals surface area contributed by atoms with Gasteiger partial charge in [0.1, 0.15) is 11.1 Å². The zero-order valence-corrected chi connectivity index (χ0v) is 10.8. The van der Waals surface area contributed by atoms with Crippen molar-refractivity contribution < 1.29 is 9.59 Å². The number of rotatable bonds is 0. The molecule has 0 radical (unpaired) electrons. The van der Waals surface area contributed by atoms with Crippen LogP contribution >= 0.6 is 11.8 Å². The summed E-state index contributed by atoms with van der Waals surface area (Å²) in [7, 11) is 0. The van der Waals surface area contributed by atoms with Crippen LogP contribution in [0, 0.1) is 0 Å². The molecule has 0 bridgehead atoms. The molecule has 2 aromatic rings. The van der Waals surface area contributed by atoms with Crippen molar-refractivity contribution in [1.29, 1.82) is 0 Å². The number of nitrogens with zero attached hydrogens (tertiary/aromatic N) is 2. The fourth-order valence-electron chi connectivity index (χ4n) is 2.65. The fraction of sp³-hybridized carbons (Fsp3) is 0.143. The molecule has 1 unspecified atom stereocenters. The summed E-state index contributed by atoms with van der Waals surface area (Å²) < 4.78 is 1.69. The fourth-order valence-corrected chi connectivity index (χ4v) is 3.83. The molecule has 0 N–H and O–H groups in total. The summed E-state index contributed by atoms with van der Waals surface area (Å²) in [6.07, 6.45) is 1.77. The molecule has 19 heavy (non-hydrogen) atoms. The van der Waals surface area contributed by atoms with Gasteiger partial charge in [0.05, 0.1) is 5.75 Å². The lowest BCUT2D eigenvalue weighted by molar-refractivity contribution is 0.0965. The predicted octanol–water partition coefficient (Wildman–Crippen LogP) is 2.21. The van der Waals surface area contributed by atoms with E-state index in [1.54, 1.807) is 28.0 Å². The van der Waals surface area contributed by atoms with Gasteiger partial charge in [-0.15, -0.1) is 11.8 Å². The molecule has 1 atom stereocenters. The van der Waals surface area contributed by atoms with Gasteiger partial charge in [-0.3, -0.25) is 14.3 Å². The Morgan fingerprint density at radius 3 is 2.84 bits per heavy atom.